The highest BCUT2D eigenvalue weighted by Crippen LogP contribution is 2.17. The lowest BCUT2D eigenvalue weighted by atomic mass is 10.2. The number of hydrogen-bond donors (Lipinski definition) is 2. The molecular formula is C21H38IN5O3S. The van der Waals surface area contributed by atoms with Gasteiger partial charge in [-0.2, -0.15) is 0 Å². The van der Waals surface area contributed by atoms with Crippen LogP contribution in [0.2, 0.25) is 0 Å². The lowest BCUT2D eigenvalue weighted by Gasteiger charge is -2.27. The molecule has 1 aromatic rings. The highest BCUT2D eigenvalue weighted by molar-refractivity contribution is 14.0. The summed E-state index contributed by atoms with van der Waals surface area (Å²) in [4.78, 5) is 9.84. The van der Waals surface area contributed by atoms with E-state index in [9.17, 15) is 8.42 Å². The molecular weight excluding hydrogens is 529 g/mol. The number of nitrogens with one attached hydrogen (secondary N) is 2. The van der Waals surface area contributed by atoms with Gasteiger partial charge in [0, 0.05) is 39.3 Å². The third kappa shape index (κ3) is 8.49. The van der Waals surface area contributed by atoms with Crippen LogP contribution in [0.3, 0.4) is 0 Å². The molecule has 1 heterocycles. The molecule has 0 aromatic heterocycles. The number of likely N-dealkylation sites (N-methyl/N-ethyl adjacent to an activating group) is 1. The number of sulfonamides is 1. The summed E-state index contributed by atoms with van der Waals surface area (Å²) >= 11 is 0. The van der Waals surface area contributed by atoms with Gasteiger partial charge in [0.15, 0.2) is 5.96 Å². The fraction of sp³-hybridized carbons (Fsp3) is 0.667. The Morgan fingerprint density at radius 3 is 2.68 bits per heavy atom. The van der Waals surface area contributed by atoms with Crippen LogP contribution in [0.4, 0.5) is 0 Å². The summed E-state index contributed by atoms with van der Waals surface area (Å²) < 4.78 is 32.3. The van der Waals surface area contributed by atoms with Crippen molar-refractivity contribution >= 4 is 40.0 Å². The van der Waals surface area contributed by atoms with E-state index >= 15 is 0 Å². The van der Waals surface area contributed by atoms with Gasteiger partial charge in [-0.1, -0.05) is 26.0 Å². The molecule has 8 nitrogen and oxygen atoms in total. The zero-order valence-electron chi connectivity index (χ0n) is 19.1. The Bertz CT molecular complexity index is 787. The number of ether oxygens (including phenoxy) is 1. The molecule has 2 rings (SSSR count). The van der Waals surface area contributed by atoms with E-state index in [1.54, 1.807) is 25.3 Å². The van der Waals surface area contributed by atoms with E-state index in [-0.39, 0.29) is 35.4 Å². The van der Waals surface area contributed by atoms with Gasteiger partial charge >= 0.3 is 0 Å². The lowest BCUT2D eigenvalue weighted by molar-refractivity contribution is 0.204. The molecule has 1 fully saturated rings. The molecule has 10 heteroatoms. The van der Waals surface area contributed by atoms with Crippen LogP contribution >= 0.6 is 24.0 Å². The van der Waals surface area contributed by atoms with Crippen molar-refractivity contribution in [3.63, 3.8) is 0 Å². The topological polar surface area (TPSA) is 86.3 Å². The van der Waals surface area contributed by atoms with E-state index in [4.69, 9.17) is 9.73 Å². The summed E-state index contributed by atoms with van der Waals surface area (Å²) in [5.74, 6) is 0.888. The van der Waals surface area contributed by atoms with Crippen LogP contribution in [-0.4, -0.2) is 83.2 Å². The number of likely N-dealkylation sites (tertiary alicyclic amines) is 1. The largest absolute Gasteiger partial charge is 0.383 e. The predicted octanol–water partition coefficient (Wildman–Crippen LogP) is 2.11. The number of benzene rings is 1. The van der Waals surface area contributed by atoms with Crippen LogP contribution < -0.4 is 10.0 Å². The maximum absolute atomic E-state index is 12.4. The first-order valence-corrected chi connectivity index (χ1v) is 12.3. The molecule has 0 radical (unpaired) electrons. The molecule has 1 aliphatic heterocycles. The van der Waals surface area contributed by atoms with Gasteiger partial charge in [-0.15, -0.1) is 24.0 Å². The van der Waals surface area contributed by atoms with Gasteiger partial charge in [0.25, 0.3) is 0 Å². The molecule has 1 unspecified atom stereocenters. The van der Waals surface area contributed by atoms with Gasteiger partial charge in [0.1, 0.15) is 0 Å². The van der Waals surface area contributed by atoms with E-state index in [1.165, 1.54) is 0 Å². The second-order valence-corrected chi connectivity index (χ2v) is 9.08. The first-order chi connectivity index (χ1) is 14.4. The van der Waals surface area contributed by atoms with Crippen molar-refractivity contribution in [3.05, 3.63) is 29.8 Å². The van der Waals surface area contributed by atoms with Crippen LogP contribution in [0.1, 0.15) is 32.8 Å². The van der Waals surface area contributed by atoms with Crippen LogP contribution in [-0.2, 0) is 21.3 Å². The summed E-state index contributed by atoms with van der Waals surface area (Å²) in [5, 5.41) is 3.38. The zero-order chi connectivity index (χ0) is 22.0. The Morgan fingerprint density at radius 1 is 1.29 bits per heavy atom. The monoisotopic (exact) mass is 567 g/mol. The van der Waals surface area contributed by atoms with Crippen molar-refractivity contribution < 1.29 is 13.2 Å². The fourth-order valence-electron chi connectivity index (χ4n) is 3.74. The number of nitrogens with zero attached hydrogens (tertiary/aromatic N) is 3. The molecule has 0 amide bonds. The average molecular weight is 568 g/mol. The van der Waals surface area contributed by atoms with Crippen molar-refractivity contribution in [2.45, 2.75) is 44.7 Å². The molecule has 1 saturated heterocycles. The number of guanidine groups is 1. The van der Waals surface area contributed by atoms with Crippen LogP contribution in [0.5, 0.6) is 0 Å². The number of methoxy groups -OCH3 is 1. The maximum Gasteiger partial charge on any atom is 0.240 e. The first-order valence-electron chi connectivity index (χ1n) is 10.8. The second-order valence-electron chi connectivity index (χ2n) is 7.32. The van der Waals surface area contributed by atoms with E-state index in [1.807, 2.05) is 6.07 Å². The molecule has 1 aromatic carbocycles. The predicted molar refractivity (Wildman–Crippen MR) is 137 cm³/mol. The van der Waals surface area contributed by atoms with Crippen LogP contribution in [0, 0.1) is 0 Å². The Morgan fingerprint density at radius 2 is 2.03 bits per heavy atom. The van der Waals surface area contributed by atoms with Crippen molar-refractivity contribution in [2.24, 2.45) is 4.99 Å². The molecule has 0 bridgehead atoms. The molecule has 0 aliphatic carbocycles. The number of aliphatic imine (C=N–C) groups is 1. The van der Waals surface area contributed by atoms with Crippen LogP contribution in [0.15, 0.2) is 34.2 Å². The molecule has 1 aliphatic rings. The van der Waals surface area contributed by atoms with Crippen LogP contribution in [0.25, 0.3) is 0 Å². The number of halogens is 1. The van der Waals surface area contributed by atoms with Gasteiger partial charge in [-0.25, -0.2) is 18.1 Å². The third-order valence-corrected chi connectivity index (χ3v) is 6.80. The first kappa shape index (κ1) is 28.1. The van der Waals surface area contributed by atoms with Gasteiger partial charge < -0.3 is 15.0 Å². The van der Waals surface area contributed by atoms with Gasteiger partial charge in [-0.05, 0) is 44.1 Å². The van der Waals surface area contributed by atoms with Gasteiger partial charge in [-0.3, -0.25) is 4.90 Å². The summed E-state index contributed by atoms with van der Waals surface area (Å²) in [6.45, 7) is 12.3. The standard InChI is InChI=1S/C21H37N5O3S.HI/c1-5-22-21(26-13-11-19(17-26)25(6-2)7-3)23-16-18-9-8-10-20(15-18)30(27,28)24-12-14-29-4;/h8-10,15,19,24H,5-7,11-14,16-17H2,1-4H3,(H,22,23);1H. The molecule has 178 valence electrons. The molecule has 31 heavy (non-hydrogen) atoms. The van der Waals surface area contributed by atoms with Gasteiger partial charge in [0.2, 0.25) is 10.0 Å². The quantitative estimate of drug-likeness (QED) is 0.185. The fourth-order valence-corrected chi connectivity index (χ4v) is 4.82. The highest BCUT2D eigenvalue weighted by Gasteiger charge is 2.28. The van der Waals surface area contributed by atoms with E-state index in [0.717, 1.165) is 50.7 Å². The summed E-state index contributed by atoms with van der Waals surface area (Å²) in [7, 11) is -2.01. The van der Waals surface area contributed by atoms with Crippen molar-refractivity contribution in [3.8, 4) is 0 Å². The van der Waals surface area contributed by atoms with Crippen molar-refractivity contribution in [2.75, 3.05) is 53.0 Å². The minimum Gasteiger partial charge on any atom is -0.383 e. The minimum absolute atomic E-state index is 0. The second kappa shape index (κ2) is 14.2. The summed E-state index contributed by atoms with van der Waals surface area (Å²) in [6, 6.07) is 7.50. The smallest absolute Gasteiger partial charge is 0.240 e. The SMILES string of the molecule is CCNC(=NCc1cccc(S(=O)(=O)NCCOC)c1)N1CCC(N(CC)CC)C1.I. The van der Waals surface area contributed by atoms with Crippen molar-refractivity contribution in [1.82, 2.24) is 19.8 Å². The highest BCUT2D eigenvalue weighted by atomic mass is 127. The third-order valence-electron chi connectivity index (χ3n) is 5.34. The summed E-state index contributed by atoms with van der Waals surface area (Å²) in [6.07, 6.45) is 1.13. The Kier molecular flexibility index (Phi) is 12.9. The normalized spacial score (nSPS) is 17.1. The lowest BCUT2D eigenvalue weighted by Crippen LogP contribution is -2.43. The molecule has 0 spiro atoms. The molecule has 2 N–H and O–H groups in total. The minimum atomic E-state index is -3.55. The number of hydrogen-bond acceptors (Lipinski definition) is 5. The summed E-state index contributed by atoms with van der Waals surface area (Å²) in [5.41, 5.74) is 0.861. The van der Waals surface area contributed by atoms with Gasteiger partial charge in [0.05, 0.1) is 18.0 Å². The Hall–Kier alpha value is -0.950. The van der Waals surface area contributed by atoms with Crippen molar-refractivity contribution in [1.29, 1.82) is 0 Å². The van der Waals surface area contributed by atoms with E-state index in [2.05, 4.69) is 40.6 Å². The maximum atomic E-state index is 12.4. The zero-order valence-corrected chi connectivity index (χ0v) is 22.3. The Balaban J connectivity index is 0.00000480. The average Bonchev–Trinajstić information content (AvgIpc) is 3.22. The van der Waals surface area contributed by atoms with E-state index in [0.29, 0.717) is 19.2 Å². The number of rotatable bonds is 11. The Labute approximate surface area is 204 Å². The molecule has 1 atom stereocenters. The van der Waals surface area contributed by atoms with E-state index < -0.39 is 10.0 Å². The molecule has 0 saturated carbocycles.